The molecule has 0 saturated carbocycles. The van der Waals surface area contributed by atoms with Crippen LogP contribution in [0.15, 0.2) is 70.8 Å². The third-order valence-electron chi connectivity index (χ3n) is 6.94. The van der Waals surface area contributed by atoms with E-state index in [1.807, 2.05) is 0 Å². The lowest BCUT2D eigenvalue weighted by Crippen LogP contribution is -2.52. The molecule has 2 aliphatic rings. The molecule has 7 heteroatoms. The topological polar surface area (TPSA) is 52.6 Å². The molecule has 1 unspecified atom stereocenters. The Bertz CT molecular complexity index is 1140. The molecule has 0 radical (unpaired) electrons. The molecule has 0 spiro atoms. The maximum atomic E-state index is 13.5. The molecule has 2 saturated heterocycles. The van der Waals surface area contributed by atoms with Gasteiger partial charge in [0, 0.05) is 62.2 Å². The number of piperidine rings is 1. The number of benzene rings is 2. The van der Waals surface area contributed by atoms with E-state index in [-0.39, 0.29) is 11.8 Å². The highest BCUT2D eigenvalue weighted by atomic mass is 32.2. The van der Waals surface area contributed by atoms with Crippen molar-refractivity contribution in [2.45, 2.75) is 36.6 Å². The first-order valence-electron chi connectivity index (χ1n) is 12.5. The number of nitrogens with zero attached hydrogens (tertiary/aromatic N) is 5. The van der Waals surface area contributed by atoms with E-state index in [2.05, 4.69) is 87.0 Å². The minimum atomic E-state index is 0.00825. The summed E-state index contributed by atoms with van der Waals surface area (Å²) in [7, 11) is 0. The van der Waals surface area contributed by atoms with Crippen LogP contribution in [0.5, 0.6) is 0 Å². The van der Waals surface area contributed by atoms with Crippen LogP contribution < -0.4 is 9.80 Å². The molecule has 2 aliphatic heterocycles. The number of carbonyl (C=O) groups is 1. The van der Waals surface area contributed by atoms with Crippen LogP contribution in [0.2, 0.25) is 0 Å². The van der Waals surface area contributed by atoms with Crippen molar-refractivity contribution in [3.05, 3.63) is 72.1 Å². The number of aromatic nitrogens is 2. The standard InChI is InChI=1S/C28H33N5OS/c1-21-5-9-24(10-6-21)31-16-18-32(19-17-31)28(34)23-4-3-15-33(20-23)26-27(30-14-13-29-26)35-25-11-7-22(2)8-12-25/h5-14,23H,3-4,15-20H2,1-2H3. The zero-order valence-corrected chi connectivity index (χ0v) is 21.4. The molecule has 5 rings (SSSR count). The Balaban J connectivity index is 1.22. The van der Waals surface area contributed by atoms with E-state index in [0.717, 1.165) is 61.3 Å². The molecular weight excluding hydrogens is 454 g/mol. The van der Waals surface area contributed by atoms with E-state index in [1.54, 1.807) is 24.2 Å². The van der Waals surface area contributed by atoms with Gasteiger partial charge >= 0.3 is 0 Å². The van der Waals surface area contributed by atoms with Crippen molar-refractivity contribution in [2.24, 2.45) is 5.92 Å². The summed E-state index contributed by atoms with van der Waals surface area (Å²) in [5, 5.41) is 0.899. The third kappa shape index (κ3) is 5.61. The van der Waals surface area contributed by atoms with Gasteiger partial charge in [0.1, 0.15) is 5.03 Å². The second kappa shape index (κ2) is 10.7. The number of amides is 1. The summed E-state index contributed by atoms with van der Waals surface area (Å²) in [5.41, 5.74) is 3.76. The predicted molar refractivity (Wildman–Crippen MR) is 142 cm³/mol. The number of piperazine rings is 1. The molecule has 0 N–H and O–H groups in total. The highest BCUT2D eigenvalue weighted by Crippen LogP contribution is 2.34. The van der Waals surface area contributed by atoms with E-state index in [4.69, 9.17) is 0 Å². The Hall–Kier alpha value is -3.06. The van der Waals surface area contributed by atoms with Crippen molar-refractivity contribution < 1.29 is 4.79 Å². The van der Waals surface area contributed by atoms with Crippen LogP contribution >= 0.6 is 11.8 Å². The smallest absolute Gasteiger partial charge is 0.227 e. The molecule has 3 aromatic rings. The average molecular weight is 488 g/mol. The first-order valence-corrected chi connectivity index (χ1v) is 13.3. The zero-order chi connectivity index (χ0) is 24.2. The summed E-state index contributed by atoms with van der Waals surface area (Å²) in [6.45, 7) is 9.14. The van der Waals surface area contributed by atoms with Crippen molar-refractivity contribution in [3.63, 3.8) is 0 Å². The fourth-order valence-electron chi connectivity index (χ4n) is 4.89. The van der Waals surface area contributed by atoms with Crippen LogP contribution in [0, 0.1) is 19.8 Å². The Labute approximate surface area is 212 Å². The first kappa shape index (κ1) is 23.7. The molecule has 1 aromatic heterocycles. The summed E-state index contributed by atoms with van der Waals surface area (Å²) >= 11 is 1.64. The molecule has 35 heavy (non-hydrogen) atoms. The molecule has 3 heterocycles. The predicted octanol–water partition coefficient (Wildman–Crippen LogP) is 4.81. The van der Waals surface area contributed by atoms with Gasteiger partial charge in [-0.05, 0) is 51.0 Å². The summed E-state index contributed by atoms with van der Waals surface area (Å²) < 4.78 is 0. The fourth-order valence-corrected chi connectivity index (χ4v) is 5.78. The van der Waals surface area contributed by atoms with Crippen LogP contribution in [0.4, 0.5) is 11.5 Å². The highest BCUT2D eigenvalue weighted by Gasteiger charge is 2.32. The van der Waals surface area contributed by atoms with Gasteiger partial charge in [-0.2, -0.15) is 0 Å². The lowest BCUT2D eigenvalue weighted by Gasteiger charge is -2.40. The van der Waals surface area contributed by atoms with Gasteiger partial charge in [0.15, 0.2) is 5.82 Å². The number of anilines is 2. The Morgan fingerprint density at radius 2 is 1.49 bits per heavy atom. The van der Waals surface area contributed by atoms with Crippen molar-refractivity contribution in [3.8, 4) is 0 Å². The lowest BCUT2D eigenvalue weighted by atomic mass is 9.96. The van der Waals surface area contributed by atoms with Gasteiger partial charge in [-0.3, -0.25) is 4.79 Å². The lowest BCUT2D eigenvalue weighted by molar-refractivity contribution is -0.136. The average Bonchev–Trinajstić information content (AvgIpc) is 2.90. The molecule has 2 fully saturated rings. The van der Waals surface area contributed by atoms with Gasteiger partial charge in [0.25, 0.3) is 0 Å². The van der Waals surface area contributed by atoms with Crippen molar-refractivity contribution in [1.29, 1.82) is 0 Å². The SMILES string of the molecule is Cc1ccc(Sc2nccnc2N2CCCC(C(=O)N3CCN(c4ccc(C)cc4)CC3)C2)cc1. The summed E-state index contributed by atoms with van der Waals surface area (Å²) in [4.78, 5) is 30.6. The monoisotopic (exact) mass is 487 g/mol. The zero-order valence-electron chi connectivity index (χ0n) is 20.6. The molecule has 1 amide bonds. The van der Waals surface area contributed by atoms with Gasteiger partial charge in [-0.25, -0.2) is 9.97 Å². The molecule has 0 bridgehead atoms. The number of hydrogen-bond donors (Lipinski definition) is 0. The van der Waals surface area contributed by atoms with Gasteiger partial charge < -0.3 is 14.7 Å². The Morgan fingerprint density at radius 1 is 0.829 bits per heavy atom. The van der Waals surface area contributed by atoms with Crippen LogP contribution in [-0.2, 0) is 4.79 Å². The first-order chi connectivity index (χ1) is 17.1. The summed E-state index contributed by atoms with van der Waals surface area (Å²) in [5.74, 6) is 1.18. The molecule has 6 nitrogen and oxygen atoms in total. The van der Waals surface area contributed by atoms with Crippen LogP contribution in [0.1, 0.15) is 24.0 Å². The molecule has 0 aliphatic carbocycles. The van der Waals surface area contributed by atoms with Crippen LogP contribution in [0.3, 0.4) is 0 Å². The van der Waals surface area contributed by atoms with E-state index >= 15 is 0 Å². The normalized spacial score (nSPS) is 18.6. The van der Waals surface area contributed by atoms with Gasteiger partial charge in [-0.1, -0.05) is 47.2 Å². The van der Waals surface area contributed by atoms with E-state index in [9.17, 15) is 4.79 Å². The van der Waals surface area contributed by atoms with Crippen LogP contribution in [0.25, 0.3) is 0 Å². The maximum Gasteiger partial charge on any atom is 0.227 e. The maximum absolute atomic E-state index is 13.5. The van der Waals surface area contributed by atoms with Gasteiger partial charge in [0.05, 0.1) is 5.92 Å². The second-order valence-corrected chi connectivity index (χ2v) is 10.6. The Morgan fingerprint density at radius 3 is 2.20 bits per heavy atom. The number of hydrogen-bond acceptors (Lipinski definition) is 6. The molecule has 1 atom stereocenters. The number of rotatable bonds is 5. The number of carbonyl (C=O) groups excluding carboxylic acids is 1. The van der Waals surface area contributed by atoms with Gasteiger partial charge in [0.2, 0.25) is 5.91 Å². The fraction of sp³-hybridized carbons (Fsp3) is 0.393. The van der Waals surface area contributed by atoms with E-state index < -0.39 is 0 Å². The van der Waals surface area contributed by atoms with Gasteiger partial charge in [-0.15, -0.1) is 0 Å². The third-order valence-corrected chi connectivity index (χ3v) is 7.93. The molecule has 2 aromatic carbocycles. The summed E-state index contributed by atoms with van der Waals surface area (Å²) in [6, 6.07) is 17.1. The highest BCUT2D eigenvalue weighted by molar-refractivity contribution is 7.99. The minimum Gasteiger partial charge on any atom is -0.368 e. The van der Waals surface area contributed by atoms with Crippen molar-refractivity contribution >= 4 is 29.2 Å². The second-order valence-electron chi connectivity index (χ2n) is 9.53. The van der Waals surface area contributed by atoms with Crippen LogP contribution in [-0.4, -0.2) is 60.0 Å². The van der Waals surface area contributed by atoms with E-state index in [1.165, 1.54) is 16.8 Å². The minimum absolute atomic E-state index is 0.00825. The molecular formula is C28H33N5OS. The van der Waals surface area contributed by atoms with E-state index in [0.29, 0.717) is 6.54 Å². The summed E-state index contributed by atoms with van der Waals surface area (Å²) in [6.07, 6.45) is 5.43. The molecule has 182 valence electrons. The Kier molecular flexibility index (Phi) is 7.23. The largest absolute Gasteiger partial charge is 0.368 e. The van der Waals surface area contributed by atoms with Crippen molar-refractivity contribution in [2.75, 3.05) is 49.1 Å². The quantitative estimate of drug-likeness (QED) is 0.515. The van der Waals surface area contributed by atoms with Crippen molar-refractivity contribution in [1.82, 2.24) is 14.9 Å². The number of aryl methyl sites for hydroxylation is 2.